The summed E-state index contributed by atoms with van der Waals surface area (Å²) < 4.78 is 26.1. The number of thiol groups is 1. The molecule has 6 rings (SSSR count). The zero-order chi connectivity index (χ0) is 27.9. The standard InChI is InChI=1S/C30H34FN5O2S2/c1-40(38)16-14-36(15-17-40)22-9-6-20(7-10-22)27-26(34-29(39-27)25-11-8-21(31)18-33-25)23-4-2-3-5-24(23)28(37)35-30(19-32)12-13-30/h6-11,18,23-24,40H,2-5,12-17H2,1H3,(H,35,37)/t23-,24-/m1/s1. The van der Waals surface area contributed by atoms with Crippen molar-refractivity contribution in [3.8, 4) is 27.2 Å². The second-order valence-corrected chi connectivity index (χ2v) is 16.0. The number of thiazole rings is 1. The Morgan fingerprint density at radius 3 is 2.52 bits per heavy atom. The molecule has 1 amide bonds. The van der Waals surface area contributed by atoms with E-state index in [1.165, 1.54) is 23.6 Å². The molecule has 3 aromatic rings. The lowest BCUT2D eigenvalue weighted by atomic mass is 9.76. The fourth-order valence-corrected chi connectivity index (χ4v) is 8.53. The number of hydrogen-bond acceptors (Lipinski definition) is 7. The summed E-state index contributed by atoms with van der Waals surface area (Å²) in [4.78, 5) is 26.1. The molecule has 2 saturated carbocycles. The van der Waals surface area contributed by atoms with Crippen LogP contribution < -0.4 is 10.2 Å². The highest BCUT2D eigenvalue weighted by Gasteiger charge is 2.47. The second-order valence-electron chi connectivity index (χ2n) is 11.6. The predicted molar refractivity (Wildman–Crippen MR) is 159 cm³/mol. The fraction of sp³-hybridized carbons (Fsp3) is 0.467. The highest BCUT2D eigenvalue weighted by Crippen LogP contribution is 2.46. The molecule has 2 atom stereocenters. The van der Waals surface area contributed by atoms with Gasteiger partial charge in [0.15, 0.2) is 0 Å². The smallest absolute Gasteiger partial charge is 0.225 e. The number of amides is 1. The minimum Gasteiger partial charge on any atom is -0.370 e. The number of anilines is 1. The number of nitrogens with one attached hydrogen (secondary N) is 1. The molecule has 3 aliphatic rings. The van der Waals surface area contributed by atoms with Crippen LogP contribution in [-0.2, 0) is 14.7 Å². The zero-order valence-corrected chi connectivity index (χ0v) is 24.3. The number of halogens is 1. The molecule has 2 aliphatic carbocycles. The fourth-order valence-electron chi connectivity index (χ4n) is 5.86. The Morgan fingerprint density at radius 1 is 1.15 bits per heavy atom. The number of benzene rings is 1. The number of carbonyl (C=O) groups is 1. The van der Waals surface area contributed by atoms with E-state index in [0.29, 0.717) is 23.5 Å². The minimum atomic E-state index is -2.01. The lowest BCUT2D eigenvalue weighted by Crippen LogP contribution is -2.43. The molecule has 1 N–H and O–H groups in total. The number of hydrogen-bond donors (Lipinski definition) is 2. The summed E-state index contributed by atoms with van der Waals surface area (Å²) in [6.45, 7) is 1.59. The first kappa shape index (κ1) is 27.0. The molecule has 0 spiro atoms. The van der Waals surface area contributed by atoms with Gasteiger partial charge >= 0.3 is 0 Å². The topological polar surface area (TPSA) is 99.0 Å². The normalized spacial score (nSPS) is 24.1. The van der Waals surface area contributed by atoms with Crippen molar-refractivity contribution < 1.29 is 13.4 Å². The van der Waals surface area contributed by atoms with Gasteiger partial charge in [-0.05, 0) is 61.8 Å². The maximum Gasteiger partial charge on any atom is 0.225 e. The van der Waals surface area contributed by atoms with E-state index in [9.17, 15) is 18.7 Å². The quantitative estimate of drug-likeness (QED) is 0.402. The van der Waals surface area contributed by atoms with Crippen LogP contribution in [0.5, 0.6) is 0 Å². The Hall–Kier alpha value is -3.16. The number of aromatic nitrogens is 2. The summed E-state index contributed by atoms with van der Waals surface area (Å²) in [5.41, 5.74) is 2.90. The van der Waals surface area contributed by atoms with Crippen molar-refractivity contribution in [3.05, 3.63) is 54.1 Å². The molecule has 2 aromatic heterocycles. The van der Waals surface area contributed by atoms with Gasteiger partial charge in [-0.3, -0.25) is 14.0 Å². The first-order chi connectivity index (χ1) is 19.3. The highest BCUT2D eigenvalue weighted by molar-refractivity contribution is 8.02. The van der Waals surface area contributed by atoms with Crippen LogP contribution in [0.2, 0.25) is 0 Å². The van der Waals surface area contributed by atoms with Crippen molar-refractivity contribution in [2.45, 2.75) is 50.0 Å². The summed E-state index contributed by atoms with van der Waals surface area (Å²) in [6, 6.07) is 13.7. The van der Waals surface area contributed by atoms with Gasteiger partial charge in [0.2, 0.25) is 5.91 Å². The third-order valence-electron chi connectivity index (χ3n) is 8.56. The van der Waals surface area contributed by atoms with Gasteiger partial charge in [0.1, 0.15) is 16.4 Å². The van der Waals surface area contributed by atoms with Gasteiger partial charge in [0.25, 0.3) is 0 Å². The molecule has 210 valence electrons. The molecule has 0 unspecified atom stereocenters. The Balaban J connectivity index is 1.34. The van der Waals surface area contributed by atoms with Crippen LogP contribution in [-0.4, -0.2) is 56.5 Å². The molecule has 1 saturated heterocycles. The van der Waals surface area contributed by atoms with Gasteiger partial charge in [0, 0.05) is 42.1 Å². The summed E-state index contributed by atoms with van der Waals surface area (Å²) in [7, 11) is -2.01. The average Bonchev–Trinajstić information content (AvgIpc) is 3.60. The van der Waals surface area contributed by atoms with E-state index >= 15 is 0 Å². The van der Waals surface area contributed by atoms with Gasteiger partial charge in [-0.2, -0.15) is 5.26 Å². The van der Waals surface area contributed by atoms with Crippen LogP contribution in [0.4, 0.5) is 10.1 Å². The van der Waals surface area contributed by atoms with Crippen molar-refractivity contribution >= 4 is 32.9 Å². The lowest BCUT2D eigenvalue weighted by Gasteiger charge is -2.34. The number of nitriles is 1. The zero-order valence-electron chi connectivity index (χ0n) is 22.6. The van der Waals surface area contributed by atoms with E-state index in [-0.39, 0.29) is 17.7 Å². The molecule has 10 heteroatoms. The van der Waals surface area contributed by atoms with Crippen molar-refractivity contribution in [3.63, 3.8) is 0 Å². The first-order valence-corrected chi connectivity index (χ1v) is 17.4. The van der Waals surface area contributed by atoms with Gasteiger partial charge in [-0.25, -0.2) is 9.37 Å². The van der Waals surface area contributed by atoms with Crippen LogP contribution in [0.15, 0.2) is 42.6 Å². The van der Waals surface area contributed by atoms with Crippen molar-refractivity contribution in [2.75, 3.05) is 35.8 Å². The summed E-state index contributed by atoms with van der Waals surface area (Å²) in [5, 5.41) is 13.3. The van der Waals surface area contributed by atoms with E-state index in [0.717, 1.165) is 72.1 Å². The van der Waals surface area contributed by atoms with Crippen molar-refractivity contribution in [1.82, 2.24) is 15.3 Å². The van der Waals surface area contributed by atoms with Crippen LogP contribution in [0.1, 0.15) is 50.1 Å². The third-order valence-corrected chi connectivity index (χ3v) is 12.0. The van der Waals surface area contributed by atoms with Crippen LogP contribution in [0, 0.1) is 23.1 Å². The highest BCUT2D eigenvalue weighted by atomic mass is 32.2. The number of carbonyl (C=O) groups excluding carboxylic acids is 1. The van der Waals surface area contributed by atoms with E-state index in [1.54, 1.807) is 6.07 Å². The van der Waals surface area contributed by atoms with Crippen molar-refractivity contribution in [1.29, 1.82) is 5.26 Å². The van der Waals surface area contributed by atoms with Crippen LogP contribution in [0.25, 0.3) is 21.1 Å². The van der Waals surface area contributed by atoms with E-state index in [4.69, 9.17) is 4.98 Å². The Morgan fingerprint density at radius 2 is 1.88 bits per heavy atom. The number of rotatable bonds is 6. The van der Waals surface area contributed by atoms with Gasteiger partial charge in [-0.15, -0.1) is 21.3 Å². The Bertz CT molecular complexity index is 1480. The monoisotopic (exact) mass is 579 g/mol. The summed E-state index contributed by atoms with van der Waals surface area (Å²) in [5.74, 6) is 0.678. The molecular weight excluding hydrogens is 545 g/mol. The predicted octanol–water partition coefficient (Wildman–Crippen LogP) is 4.92. The maximum absolute atomic E-state index is 13.6. The molecule has 0 radical (unpaired) electrons. The summed E-state index contributed by atoms with van der Waals surface area (Å²) in [6.07, 6.45) is 8.08. The van der Waals surface area contributed by atoms with E-state index in [2.05, 4.69) is 45.5 Å². The SMILES string of the molecule is C[SH]1(=O)CCN(c2ccc(-c3sc(-c4ccc(F)cn4)nc3[C@@H]3CCCC[C@H]3C(=O)NC3(C#N)CC3)cc2)CC1. The molecule has 1 aliphatic heterocycles. The largest absolute Gasteiger partial charge is 0.370 e. The van der Waals surface area contributed by atoms with Gasteiger partial charge < -0.3 is 10.2 Å². The Labute approximate surface area is 239 Å². The van der Waals surface area contributed by atoms with Gasteiger partial charge in [0.05, 0.1) is 28.5 Å². The van der Waals surface area contributed by atoms with Crippen molar-refractivity contribution in [2.24, 2.45) is 5.92 Å². The average molecular weight is 580 g/mol. The van der Waals surface area contributed by atoms with Gasteiger partial charge in [-0.1, -0.05) is 25.0 Å². The van der Waals surface area contributed by atoms with E-state index in [1.807, 2.05) is 6.26 Å². The molecule has 7 nitrogen and oxygen atoms in total. The molecule has 0 bridgehead atoms. The van der Waals surface area contributed by atoms with E-state index < -0.39 is 21.3 Å². The maximum atomic E-state index is 13.6. The lowest BCUT2D eigenvalue weighted by molar-refractivity contribution is -0.127. The molecule has 3 heterocycles. The molecule has 3 fully saturated rings. The van der Waals surface area contributed by atoms with Crippen LogP contribution >= 0.6 is 11.3 Å². The minimum absolute atomic E-state index is 0.0576. The Kier molecular flexibility index (Phi) is 7.21. The number of pyridine rings is 1. The second kappa shape index (κ2) is 10.7. The number of nitrogens with zero attached hydrogens (tertiary/aromatic N) is 4. The third kappa shape index (κ3) is 5.54. The molecule has 40 heavy (non-hydrogen) atoms. The van der Waals surface area contributed by atoms with Crippen LogP contribution in [0.3, 0.4) is 0 Å². The molecule has 1 aromatic carbocycles. The summed E-state index contributed by atoms with van der Waals surface area (Å²) >= 11 is 1.52. The first-order valence-electron chi connectivity index (χ1n) is 14.0. The molecular formula is C30H34FN5O2S2.